The maximum absolute atomic E-state index is 4.83. The van der Waals surface area contributed by atoms with E-state index in [1.807, 2.05) is 29.6 Å². The van der Waals surface area contributed by atoms with Crippen molar-refractivity contribution >= 4 is 39.4 Å². The highest BCUT2D eigenvalue weighted by Gasteiger charge is 2.15. The van der Waals surface area contributed by atoms with E-state index < -0.39 is 0 Å². The van der Waals surface area contributed by atoms with E-state index in [1.165, 1.54) is 16.7 Å². The normalized spacial score (nSPS) is 13.2. The molecular formula is C20H17N7S2. The van der Waals surface area contributed by atoms with Gasteiger partial charge in [-0.15, -0.1) is 11.3 Å². The van der Waals surface area contributed by atoms with Crippen LogP contribution in [0.15, 0.2) is 64.6 Å². The Bertz CT molecular complexity index is 1230. The zero-order valence-electron chi connectivity index (χ0n) is 15.7. The van der Waals surface area contributed by atoms with Crippen LogP contribution in [0.1, 0.15) is 11.1 Å². The minimum Gasteiger partial charge on any atom is -0.341 e. The number of H-pyrrole nitrogens is 1. The molecule has 2 N–H and O–H groups in total. The second-order valence-electron chi connectivity index (χ2n) is 6.53. The smallest absolute Gasteiger partial charge is 0.209 e. The molecule has 0 saturated heterocycles. The SMILES string of the molecule is Cc1cc(Sc2ncnc3nc[nH]c23)cc(C)c1-c1csc(N2C=CC=CN2)n1. The predicted molar refractivity (Wildman–Crippen MR) is 117 cm³/mol. The van der Waals surface area contributed by atoms with Crippen LogP contribution in [-0.4, -0.2) is 24.9 Å². The van der Waals surface area contributed by atoms with E-state index in [0.29, 0.717) is 5.65 Å². The van der Waals surface area contributed by atoms with Crippen molar-refractivity contribution in [2.45, 2.75) is 23.8 Å². The lowest BCUT2D eigenvalue weighted by Crippen LogP contribution is -2.29. The van der Waals surface area contributed by atoms with Crippen molar-refractivity contribution < 1.29 is 0 Å². The lowest BCUT2D eigenvalue weighted by molar-refractivity contribution is 0.862. The third kappa shape index (κ3) is 3.39. The van der Waals surface area contributed by atoms with E-state index in [1.54, 1.807) is 35.8 Å². The number of aromatic nitrogens is 5. The molecule has 3 aromatic heterocycles. The number of imidazole rings is 1. The number of anilines is 1. The molecule has 9 heteroatoms. The van der Waals surface area contributed by atoms with Gasteiger partial charge < -0.3 is 4.98 Å². The number of aromatic amines is 1. The van der Waals surface area contributed by atoms with Gasteiger partial charge in [-0.25, -0.2) is 24.9 Å². The number of rotatable bonds is 4. The van der Waals surface area contributed by atoms with Crippen LogP contribution in [0.5, 0.6) is 0 Å². The van der Waals surface area contributed by atoms with Gasteiger partial charge in [-0.05, 0) is 49.3 Å². The lowest BCUT2D eigenvalue weighted by Gasteiger charge is -2.18. The van der Waals surface area contributed by atoms with Gasteiger partial charge in [-0.1, -0.05) is 11.8 Å². The van der Waals surface area contributed by atoms with Gasteiger partial charge >= 0.3 is 0 Å². The van der Waals surface area contributed by atoms with Crippen LogP contribution in [0.25, 0.3) is 22.4 Å². The Morgan fingerprint density at radius 3 is 2.72 bits per heavy atom. The molecular weight excluding hydrogens is 402 g/mol. The molecule has 4 heterocycles. The van der Waals surface area contributed by atoms with E-state index >= 15 is 0 Å². The Hall–Kier alpha value is -3.17. The first-order valence-corrected chi connectivity index (χ1v) is 10.7. The summed E-state index contributed by atoms with van der Waals surface area (Å²) in [6.45, 7) is 4.25. The topological polar surface area (TPSA) is 82.6 Å². The zero-order valence-corrected chi connectivity index (χ0v) is 17.4. The average Bonchev–Trinajstić information content (AvgIpc) is 3.38. The molecule has 0 radical (unpaired) electrons. The third-order valence-corrected chi connectivity index (χ3v) is 6.33. The molecule has 7 nitrogen and oxygen atoms in total. The predicted octanol–water partition coefficient (Wildman–Crippen LogP) is 4.60. The van der Waals surface area contributed by atoms with E-state index in [4.69, 9.17) is 4.98 Å². The monoisotopic (exact) mass is 419 g/mol. The van der Waals surface area contributed by atoms with E-state index in [-0.39, 0.29) is 0 Å². The summed E-state index contributed by atoms with van der Waals surface area (Å²) in [5, 5.41) is 5.78. The number of nitrogens with zero attached hydrogens (tertiary/aromatic N) is 5. The Kier molecular flexibility index (Phi) is 4.53. The minimum absolute atomic E-state index is 0.679. The van der Waals surface area contributed by atoms with Gasteiger partial charge in [0.15, 0.2) is 5.65 Å². The van der Waals surface area contributed by atoms with Crippen molar-refractivity contribution in [3.8, 4) is 11.3 Å². The van der Waals surface area contributed by atoms with Crippen LogP contribution in [0.2, 0.25) is 0 Å². The van der Waals surface area contributed by atoms with Gasteiger partial charge in [0.25, 0.3) is 0 Å². The van der Waals surface area contributed by atoms with Crippen LogP contribution in [0, 0.1) is 13.8 Å². The highest BCUT2D eigenvalue weighted by molar-refractivity contribution is 7.99. The average molecular weight is 420 g/mol. The fraction of sp³-hybridized carbons (Fsp3) is 0.100. The van der Waals surface area contributed by atoms with Crippen molar-refractivity contribution in [1.82, 2.24) is 30.3 Å². The van der Waals surface area contributed by atoms with E-state index in [0.717, 1.165) is 26.3 Å². The Balaban J connectivity index is 1.46. The third-order valence-electron chi connectivity index (χ3n) is 4.52. The largest absolute Gasteiger partial charge is 0.341 e. The molecule has 0 aliphatic carbocycles. The van der Waals surface area contributed by atoms with Gasteiger partial charge in [0.2, 0.25) is 5.13 Å². The molecule has 0 spiro atoms. The molecule has 1 aliphatic rings. The molecule has 4 aromatic rings. The highest BCUT2D eigenvalue weighted by atomic mass is 32.2. The number of hydrogen-bond acceptors (Lipinski definition) is 8. The van der Waals surface area contributed by atoms with Crippen molar-refractivity contribution in [3.63, 3.8) is 0 Å². The van der Waals surface area contributed by atoms with E-state index in [2.05, 4.69) is 56.7 Å². The Labute approximate surface area is 175 Å². The molecule has 0 unspecified atom stereocenters. The second-order valence-corrected chi connectivity index (χ2v) is 8.43. The highest BCUT2D eigenvalue weighted by Crippen LogP contribution is 2.37. The number of aryl methyl sites for hydroxylation is 2. The van der Waals surface area contributed by atoms with Crippen molar-refractivity contribution in [2.75, 3.05) is 5.01 Å². The summed E-state index contributed by atoms with van der Waals surface area (Å²) in [7, 11) is 0. The summed E-state index contributed by atoms with van der Waals surface area (Å²) >= 11 is 3.22. The van der Waals surface area contributed by atoms with Crippen molar-refractivity contribution in [3.05, 3.63) is 65.8 Å². The Morgan fingerprint density at radius 2 is 1.93 bits per heavy atom. The second kappa shape index (κ2) is 7.34. The standard InChI is InChI=1S/C20H17N7S2/c1-12-7-14(29-19-17-18(22-10-21-17)23-11-24-19)8-13(2)16(12)15-9-28-20(26-15)27-6-4-3-5-25-27/h3-11,25H,1-2H3,(H,21,22,23,24). The number of thiazole rings is 1. The molecule has 1 aromatic carbocycles. The first-order valence-electron chi connectivity index (χ1n) is 8.97. The lowest BCUT2D eigenvalue weighted by atomic mass is 10.0. The maximum Gasteiger partial charge on any atom is 0.209 e. The van der Waals surface area contributed by atoms with Gasteiger partial charge in [-0.3, -0.25) is 5.43 Å². The number of hydrazine groups is 1. The maximum atomic E-state index is 4.83. The molecule has 5 rings (SSSR count). The van der Waals surface area contributed by atoms with Crippen molar-refractivity contribution in [1.29, 1.82) is 0 Å². The molecule has 0 bridgehead atoms. The minimum atomic E-state index is 0.679. The quantitative estimate of drug-likeness (QED) is 0.468. The van der Waals surface area contributed by atoms with Gasteiger partial charge in [0.05, 0.1) is 12.0 Å². The molecule has 144 valence electrons. The number of hydrogen-bond donors (Lipinski definition) is 2. The van der Waals surface area contributed by atoms with Crippen LogP contribution in [0.4, 0.5) is 5.13 Å². The van der Waals surface area contributed by atoms with Crippen LogP contribution >= 0.6 is 23.1 Å². The van der Waals surface area contributed by atoms with Crippen LogP contribution in [0.3, 0.4) is 0 Å². The van der Waals surface area contributed by atoms with E-state index in [9.17, 15) is 0 Å². The fourth-order valence-corrected chi connectivity index (χ4v) is 5.10. The van der Waals surface area contributed by atoms with Gasteiger partial charge in [-0.2, -0.15) is 0 Å². The summed E-state index contributed by atoms with van der Waals surface area (Å²) in [5.41, 5.74) is 9.22. The summed E-state index contributed by atoms with van der Waals surface area (Å²) in [5.74, 6) is 0. The number of allylic oxidation sites excluding steroid dienone is 2. The zero-order chi connectivity index (χ0) is 19.8. The van der Waals surface area contributed by atoms with Gasteiger partial charge in [0, 0.05) is 28.2 Å². The first-order chi connectivity index (χ1) is 14.2. The summed E-state index contributed by atoms with van der Waals surface area (Å²) in [6.07, 6.45) is 11.0. The molecule has 0 atom stereocenters. The summed E-state index contributed by atoms with van der Waals surface area (Å²) in [4.78, 5) is 21.9. The molecule has 0 amide bonds. The summed E-state index contributed by atoms with van der Waals surface area (Å²) < 4.78 is 0. The molecule has 0 saturated carbocycles. The van der Waals surface area contributed by atoms with Crippen molar-refractivity contribution in [2.24, 2.45) is 0 Å². The van der Waals surface area contributed by atoms with Crippen LogP contribution < -0.4 is 10.4 Å². The molecule has 29 heavy (non-hydrogen) atoms. The van der Waals surface area contributed by atoms with Crippen LogP contribution in [-0.2, 0) is 0 Å². The first kappa shape index (κ1) is 17.9. The Morgan fingerprint density at radius 1 is 1.07 bits per heavy atom. The molecule has 0 fully saturated rings. The number of benzene rings is 1. The number of fused-ring (bicyclic) bond motifs is 1. The van der Waals surface area contributed by atoms with Gasteiger partial charge in [0.1, 0.15) is 16.9 Å². The fourth-order valence-electron chi connectivity index (χ4n) is 3.29. The molecule has 1 aliphatic heterocycles. The summed E-state index contributed by atoms with van der Waals surface area (Å²) in [6, 6.07) is 4.36. The number of nitrogens with one attached hydrogen (secondary N) is 2.